The minimum absolute atomic E-state index is 0.117. The highest BCUT2D eigenvalue weighted by atomic mass is 16.5. The van der Waals surface area contributed by atoms with Crippen molar-refractivity contribution in [2.75, 3.05) is 63.7 Å². The first kappa shape index (κ1) is 28.0. The van der Waals surface area contributed by atoms with Crippen LogP contribution in [-0.2, 0) is 9.59 Å². The number of nitrogens with zero attached hydrogens (tertiary/aromatic N) is 6. The first-order valence-electron chi connectivity index (χ1n) is 14.1. The van der Waals surface area contributed by atoms with Gasteiger partial charge in [0.1, 0.15) is 17.3 Å². The first-order chi connectivity index (χ1) is 20.9. The van der Waals surface area contributed by atoms with Crippen LogP contribution in [0.15, 0.2) is 73.6 Å². The minimum atomic E-state index is -0.120. The lowest BCUT2D eigenvalue weighted by molar-refractivity contribution is -0.146. The largest absolute Gasteiger partial charge is 0.497 e. The number of hydrogen-bond acceptors (Lipinski definition) is 9. The molecule has 4 aromatic rings. The lowest BCUT2D eigenvalue weighted by atomic mass is 9.98. The monoisotopic (exact) mass is 579 g/mol. The number of nitrogens with one attached hydrogen (secondary N) is 1. The number of aromatic nitrogens is 3. The van der Waals surface area contributed by atoms with E-state index in [0.29, 0.717) is 50.8 Å². The van der Waals surface area contributed by atoms with E-state index in [0.717, 1.165) is 39.5 Å². The third-order valence-electron chi connectivity index (χ3n) is 7.86. The summed E-state index contributed by atoms with van der Waals surface area (Å²) in [4.78, 5) is 44.4. The molecule has 0 atom stereocenters. The van der Waals surface area contributed by atoms with Gasteiger partial charge in [-0.05, 0) is 36.4 Å². The predicted octanol–water partition coefficient (Wildman–Crippen LogP) is 3.75. The molecule has 220 valence electrons. The van der Waals surface area contributed by atoms with Gasteiger partial charge in [-0.15, -0.1) is 0 Å². The smallest absolute Gasteiger partial charge is 0.246 e. The third-order valence-corrected chi connectivity index (χ3v) is 7.86. The van der Waals surface area contributed by atoms with E-state index >= 15 is 0 Å². The van der Waals surface area contributed by atoms with Crippen LogP contribution in [0.3, 0.4) is 0 Å². The summed E-state index contributed by atoms with van der Waals surface area (Å²) in [6, 6.07) is 15.4. The normalized spacial score (nSPS) is 15.2. The van der Waals surface area contributed by atoms with E-state index in [9.17, 15) is 9.59 Å². The molecule has 11 nitrogen and oxygen atoms in total. The zero-order chi connectivity index (χ0) is 29.9. The van der Waals surface area contributed by atoms with Crippen molar-refractivity contribution in [2.24, 2.45) is 5.92 Å². The highest BCUT2D eigenvalue weighted by Gasteiger charge is 2.37. The molecule has 0 spiro atoms. The number of anilines is 3. The zero-order valence-corrected chi connectivity index (χ0v) is 24.2. The molecule has 11 heteroatoms. The lowest BCUT2D eigenvalue weighted by Gasteiger charge is -2.42. The third kappa shape index (κ3) is 5.92. The first-order valence-corrected chi connectivity index (χ1v) is 14.1. The molecule has 0 bridgehead atoms. The lowest BCUT2D eigenvalue weighted by Crippen LogP contribution is -2.59. The van der Waals surface area contributed by atoms with Gasteiger partial charge in [-0.3, -0.25) is 14.6 Å². The molecule has 6 rings (SSSR count). The van der Waals surface area contributed by atoms with Crippen molar-refractivity contribution in [1.82, 2.24) is 24.8 Å². The molecule has 2 aliphatic rings. The van der Waals surface area contributed by atoms with Crippen molar-refractivity contribution in [2.45, 2.75) is 0 Å². The van der Waals surface area contributed by atoms with Crippen LogP contribution in [0.1, 0.15) is 0 Å². The topological polar surface area (TPSA) is 113 Å². The number of methoxy groups -OCH3 is 2. The second kappa shape index (κ2) is 12.0. The molecule has 2 fully saturated rings. The van der Waals surface area contributed by atoms with Gasteiger partial charge in [0.15, 0.2) is 0 Å². The maximum Gasteiger partial charge on any atom is 0.246 e. The van der Waals surface area contributed by atoms with Gasteiger partial charge in [-0.25, -0.2) is 9.97 Å². The second-order valence-corrected chi connectivity index (χ2v) is 10.5. The average Bonchev–Trinajstić information content (AvgIpc) is 3.03. The van der Waals surface area contributed by atoms with E-state index in [-0.39, 0.29) is 17.7 Å². The van der Waals surface area contributed by atoms with Crippen molar-refractivity contribution in [3.8, 4) is 22.8 Å². The Morgan fingerprint density at radius 3 is 2.26 bits per heavy atom. The molecule has 2 aliphatic heterocycles. The molecular formula is C32H33N7O4. The Labute approximate surface area is 249 Å². The Kier molecular flexibility index (Phi) is 7.78. The summed E-state index contributed by atoms with van der Waals surface area (Å²) >= 11 is 0. The number of ether oxygens (including phenoxy) is 2. The molecule has 0 saturated carbocycles. The SMILES string of the molecule is C=CC(=O)N1CC(C(=O)N2CCN(c3ccc(-c4cnc5ccc(Nc6cc(OC)cc(OC)c6)cc5n4)cn3)CC2)C1. The maximum absolute atomic E-state index is 12.8. The van der Waals surface area contributed by atoms with Gasteiger partial charge in [-0.2, -0.15) is 0 Å². The number of likely N-dealkylation sites (tertiary alicyclic amines) is 1. The Bertz CT molecular complexity index is 1640. The molecule has 4 heterocycles. The van der Waals surface area contributed by atoms with Crippen LogP contribution in [0, 0.1) is 5.92 Å². The Morgan fingerprint density at radius 1 is 0.860 bits per heavy atom. The molecule has 2 aromatic carbocycles. The van der Waals surface area contributed by atoms with Crippen molar-refractivity contribution in [1.29, 1.82) is 0 Å². The zero-order valence-electron chi connectivity index (χ0n) is 24.2. The van der Waals surface area contributed by atoms with Crippen LogP contribution < -0.4 is 19.7 Å². The van der Waals surface area contributed by atoms with E-state index in [4.69, 9.17) is 19.4 Å². The average molecular weight is 580 g/mol. The molecule has 2 amide bonds. The molecule has 1 N–H and O–H groups in total. The van der Waals surface area contributed by atoms with Crippen LogP contribution in [0.25, 0.3) is 22.3 Å². The number of piperazine rings is 1. The van der Waals surface area contributed by atoms with E-state index < -0.39 is 0 Å². The summed E-state index contributed by atoms with van der Waals surface area (Å²) in [6.07, 6.45) is 4.86. The maximum atomic E-state index is 12.8. The summed E-state index contributed by atoms with van der Waals surface area (Å²) in [5, 5.41) is 3.39. The Balaban J connectivity index is 1.09. The number of rotatable bonds is 8. The fourth-order valence-corrected chi connectivity index (χ4v) is 5.36. The second-order valence-electron chi connectivity index (χ2n) is 10.5. The number of carbonyl (C=O) groups is 2. The highest BCUT2D eigenvalue weighted by molar-refractivity contribution is 5.90. The summed E-state index contributed by atoms with van der Waals surface area (Å²) in [5.41, 5.74) is 4.83. The van der Waals surface area contributed by atoms with Crippen LogP contribution in [0.5, 0.6) is 11.5 Å². The predicted molar refractivity (Wildman–Crippen MR) is 165 cm³/mol. The fraction of sp³-hybridized carbons (Fsp3) is 0.281. The van der Waals surface area contributed by atoms with Gasteiger partial charge >= 0.3 is 0 Å². The summed E-state index contributed by atoms with van der Waals surface area (Å²) in [7, 11) is 3.24. The van der Waals surface area contributed by atoms with Gasteiger partial charge in [0.2, 0.25) is 11.8 Å². The molecule has 0 unspecified atom stereocenters. The highest BCUT2D eigenvalue weighted by Crippen LogP contribution is 2.30. The molecule has 2 saturated heterocycles. The van der Waals surface area contributed by atoms with Gasteiger partial charge in [-0.1, -0.05) is 6.58 Å². The van der Waals surface area contributed by atoms with Crippen molar-refractivity contribution in [3.63, 3.8) is 0 Å². The van der Waals surface area contributed by atoms with E-state index in [1.807, 2.05) is 59.6 Å². The van der Waals surface area contributed by atoms with Gasteiger partial charge in [0.25, 0.3) is 0 Å². The van der Waals surface area contributed by atoms with Crippen LogP contribution in [0.4, 0.5) is 17.2 Å². The van der Waals surface area contributed by atoms with Gasteiger partial charge in [0, 0.05) is 80.6 Å². The number of pyridine rings is 1. The standard InChI is InChI=1S/C32H33N7O4/c1-4-31(40)39-19-22(20-39)32(41)38-11-9-37(10-12-38)30-8-5-21(17-34-30)29-18-33-27-7-6-23(15-28(27)36-29)35-24-13-25(42-2)16-26(14-24)43-3/h4-8,13-18,22,35H,1,9-12,19-20H2,2-3H3. The number of amides is 2. The molecule has 43 heavy (non-hydrogen) atoms. The van der Waals surface area contributed by atoms with Gasteiger partial charge in [0.05, 0.1) is 43.1 Å². The number of hydrogen-bond donors (Lipinski definition) is 1. The molecular weight excluding hydrogens is 546 g/mol. The Hall–Kier alpha value is -5.19. The van der Waals surface area contributed by atoms with E-state index in [1.165, 1.54) is 6.08 Å². The van der Waals surface area contributed by atoms with Crippen molar-refractivity contribution in [3.05, 3.63) is 73.6 Å². The van der Waals surface area contributed by atoms with Crippen LogP contribution >= 0.6 is 0 Å². The van der Waals surface area contributed by atoms with E-state index in [2.05, 4.69) is 21.8 Å². The minimum Gasteiger partial charge on any atom is -0.497 e. The summed E-state index contributed by atoms with van der Waals surface area (Å²) in [6.45, 7) is 7.11. The molecule has 0 aliphatic carbocycles. The van der Waals surface area contributed by atoms with Crippen LogP contribution in [-0.4, -0.2) is 90.1 Å². The van der Waals surface area contributed by atoms with Crippen molar-refractivity contribution >= 4 is 40.0 Å². The fourth-order valence-electron chi connectivity index (χ4n) is 5.36. The number of carbonyl (C=O) groups excluding carboxylic acids is 2. The quantitative estimate of drug-likeness (QED) is 0.312. The van der Waals surface area contributed by atoms with E-state index in [1.54, 1.807) is 25.3 Å². The number of fused-ring (bicyclic) bond motifs is 1. The number of benzene rings is 2. The van der Waals surface area contributed by atoms with Crippen molar-refractivity contribution < 1.29 is 19.1 Å². The van der Waals surface area contributed by atoms with Crippen LogP contribution in [0.2, 0.25) is 0 Å². The summed E-state index contributed by atoms with van der Waals surface area (Å²) in [5.74, 6) is 2.13. The Morgan fingerprint density at radius 2 is 1.60 bits per heavy atom. The molecule has 0 radical (unpaired) electrons. The molecule has 2 aromatic heterocycles. The van der Waals surface area contributed by atoms with Gasteiger partial charge < -0.3 is 29.5 Å². The summed E-state index contributed by atoms with van der Waals surface area (Å²) < 4.78 is 10.8.